The minimum Gasteiger partial charge on any atom is -0.480 e. The second-order valence-corrected chi connectivity index (χ2v) is 4.65. The molecule has 0 aliphatic carbocycles. The minimum atomic E-state index is -2.18. The third kappa shape index (κ3) is 6.19. The van der Waals surface area contributed by atoms with E-state index >= 15 is 0 Å². The Labute approximate surface area is 121 Å². The fraction of sp³-hybridized carbons (Fsp3) is 0.636. The standard InChI is InChI=1S/C11H21N5O5/c12-6(2-3-7(13)17)8(18)11(15,9(19)20)4-1-5-16-10(14)21/h6H,1-5,12,15H2,(H2,13,17)(H,19,20)(H3,14,16,21)/t6?,11-/m1/s1. The summed E-state index contributed by atoms with van der Waals surface area (Å²) in [5.41, 5.74) is 18.8. The minimum absolute atomic E-state index is 0.0748. The van der Waals surface area contributed by atoms with Crippen LogP contribution in [0.25, 0.3) is 0 Å². The average molecular weight is 303 g/mol. The number of ketones is 1. The second-order valence-electron chi connectivity index (χ2n) is 4.65. The number of hydrogen-bond donors (Lipinski definition) is 6. The fourth-order valence-electron chi connectivity index (χ4n) is 1.67. The third-order valence-corrected chi connectivity index (χ3v) is 2.91. The van der Waals surface area contributed by atoms with E-state index in [9.17, 15) is 19.2 Å². The number of Topliss-reactive ketones (excluding diaryl/α,β-unsaturated/α-hetero) is 1. The van der Waals surface area contributed by atoms with E-state index in [4.69, 9.17) is 28.0 Å². The van der Waals surface area contributed by atoms with Crippen molar-refractivity contribution in [3.05, 3.63) is 0 Å². The molecule has 10 heteroatoms. The van der Waals surface area contributed by atoms with E-state index in [2.05, 4.69) is 5.32 Å². The zero-order chi connectivity index (χ0) is 16.6. The van der Waals surface area contributed by atoms with Crippen molar-refractivity contribution < 1.29 is 24.3 Å². The molecular weight excluding hydrogens is 282 g/mol. The van der Waals surface area contributed by atoms with Gasteiger partial charge >= 0.3 is 12.0 Å². The second kappa shape index (κ2) is 8.17. The summed E-state index contributed by atoms with van der Waals surface area (Å²) >= 11 is 0. The lowest BCUT2D eigenvalue weighted by Crippen LogP contribution is -2.60. The molecule has 0 saturated carbocycles. The van der Waals surface area contributed by atoms with E-state index in [-0.39, 0.29) is 32.2 Å². The van der Waals surface area contributed by atoms with Gasteiger partial charge in [0.2, 0.25) is 5.91 Å². The number of carbonyl (C=O) groups excluding carboxylic acids is 3. The van der Waals surface area contributed by atoms with Crippen LogP contribution in [-0.2, 0) is 14.4 Å². The first-order chi connectivity index (χ1) is 9.61. The SMILES string of the molecule is NC(=O)CCC(N)C(=O)[C@](N)(CCCNC(N)=O)C(=O)O. The van der Waals surface area contributed by atoms with E-state index in [1.807, 2.05) is 0 Å². The molecule has 0 heterocycles. The summed E-state index contributed by atoms with van der Waals surface area (Å²) < 4.78 is 0. The predicted molar refractivity (Wildman–Crippen MR) is 72.8 cm³/mol. The summed E-state index contributed by atoms with van der Waals surface area (Å²) in [7, 11) is 0. The first kappa shape index (κ1) is 18.8. The zero-order valence-electron chi connectivity index (χ0n) is 11.5. The maximum Gasteiger partial charge on any atom is 0.331 e. The highest BCUT2D eigenvalue weighted by Gasteiger charge is 2.43. The highest BCUT2D eigenvalue weighted by molar-refractivity contribution is 6.09. The molecule has 10 nitrogen and oxygen atoms in total. The predicted octanol–water partition coefficient (Wildman–Crippen LogP) is -2.62. The largest absolute Gasteiger partial charge is 0.480 e. The Bertz CT molecular complexity index is 427. The van der Waals surface area contributed by atoms with Gasteiger partial charge in [0.25, 0.3) is 0 Å². The van der Waals surface area contributed by atoms with Crippen LogP contribution in [-0.4, -0.2) is 46.9 Å². The summed E-state index contributed by atoms with van der Waals surface area (Å²) in [6.45, 7) is 0.0748. The van der Waals surface area contributed by atoms with Gasteiger partial charge in [0, 0.05) is 13.0 Å². The van der Waals surface area contributed by atoms with Crippen LogP contribution in [0.1, 0.15) is 25.7 Å². The molecule has 120 valence electrons. The molecule has 21 heavy (non-hydrogen) atoms. The van der Waals surface area contributed by atoms with Crippen molar-refractivity contribution in [1.82, 2.24) is 5.32 Å². The Kier molecular flexibility index (Phi) is 7.31. The fourth-order valence-corrected chi connectivity index (χ4v) is 1.67. The number of rotatable bonds is 10. The van der Waals surface area contributed by atoms with Crippen molar-refractivity contribution in [2.75, 3.05) is 6.54 Å². The van der Waals surface area contributed by atoms with Crippen LogP contribution in [0, 0.1) is 0 Å². The van der Waals surface area contributed by atoms with Crippen molar-refractivity contribution in [3.8, 4) is 0 Å². The Balaban J connectivity index is 4.68. The monoisotopic (exact) mass is 303 g/mol. The third-order valence-electron chi connectivity index (χ3n) is 2.91. The highest BCUT2D eigenvalue weighted by atomic mass is 16.4. The van der Waals surface area contributed by atoms with Crippen molar-refractivity contribution >= 4 is 23.7 Å². The summed E-state index contributed by atoms with van der Waals surface area (Å²) in [5.74, 6) is -3.07. The average Bonchev–Trinajstić information content (AvgIpc) is 2.39. The van der Waals surface area contributed by atoms with Crippen molar-refractivity contribution in [3.63, 3.8) is 0 Å². The van der Waals surface area contributed by atoms with Gasteiger partial charge in [-0.1, -0.05) is 0 Å². The summed E-state index contributed by atoms with van der Waals surface area (Å²) in [4.78, 5) is 44.4. The van der Waals surface area contributed by atoms with Gasteiger partial charge in [-0.15, -0.1) is 0 Å². The van der Waals surface area contributed by atoms with Gasteiger partial charge in [-0.25, -0.2) is 9.59 Å². The van der Waals surface area contributed by atoms with Crippen LogP contribution in [0.15, 0.2) is 0 Å². The first-order valence-corrected chi connectivity index (χ1v) is 6.25. The molecule has 1 unspecified atom stereocenters. The molecule has 0 fully saturated rings. The lowest BCUT2D eigenvalue weighted by atomic mass is 9.84. The van der Waals surface area contributed by atoms with E-state index in [0.717, 1.165) is 0 Å². The molecule has 2 atom stereocenters. The summed E-state index contributed by atoms with van der Waals surface area (Å²) in [6.07, 6.45) is -0.336. The van der Waals surface area contributed by atoms with E-state index in [1.54, 1.807) is 0 Å². The lowest BCUT2D eigenvalue weighted by molar-refractivity contribution is -0.149. The molecule has 0 aliphatic rings. The summed E-state index contributed by atoms with van der Waals surface area (Å²) in [5, 5.41) is 11.4. The lowest BCUT2D eigenvalue weighted by Gasteiger charge is -2.26. The van der Waals surface area contributed by atoms with Gasteiger partial charge in [-0.05, 0) is 19.3 Å². The number of primary amides is 2. The number of nitrogens with two attached hydrogens (primary N) is 4. The van der Waals surface area contributed by atoms with E-state index in [0.29, 0.717) is 0 Å². The summed E-state index contributed by atoms with van der Waals surface area (Å²) in [6, 6.07) is -1.97. The quantitative estimate of drug-likeness (QED) is 0.187. The van der Waals surface area contributed by atoms with Crippen LogP contribution in [0.3, 0.4) is 0 Å². The van der Waals surface area contributed by atoms with Gasteiger partial charge in [0.1, 0.15) is 0 Å². The van der Waals surface area contributed by atoms with Crippen molar-refractivity contribution in [2.45, 2.75) is 37.3 Å². The molecule has 10 N–H and O–H groups in total. The van der Waals surface area contributed by atoms with Crippen LogP contribution >= 0.6 is 0 Å². The number of carboxylic acid groups (broad SMARTS) is 1. The molecule has 0 aromatic rings. The van der Waals surface area contributed by atoms with Crippen molar-refractivity contribution in [1.29, 1.82) is 0 Å². The molecule has 0 saturated heterocycles. The first-order valence-electron chi connectivity index (χ1n) is 6.25. The van der Waals surface area contributed by atoms with Gasteiger partial charge < -0.3 is 33.4 Å². The molecule has 0 bridgehead atoms. The van der Waals surface area contributed by atoms with Gasteiger partial charge in [-0.2, -0.15) is 0 Å². The highest BCUT2D eigenvalue weighted by Crippen LogP contribution is 2.15. The number of carbonyl (C=O) groups is 4. The van der Waals surface area contributed by atoms with Crippen LogP contribution < -0.4 is 28.3 Å². The Morgan fingerprint density at radius 3 is 2.19 bits per heavy atom. The Morgan fingerprint density at radius 1 is 1.19 bits per heavy atom. The number of urea groups is 1. The normalized spacial score (nSPS) is 14.8. The molecule has 0 radical (unpaired) electrons. The number of carboxylic acids is 1. The molecule has 0 aromatic heterocycles. The van der Waals surface area contributed by atoms with E-state index in [1.165, 1.54) is 0 Å². The van der Waals surface area contributed by atoms with E-state index < -0.39 is 35.3 Å². The Morgan fingerprint density at radius 2 is 1.76 bits per heavy atom. The maximum atomic E-state index is 12.1. The van der Waals surface area contributed by atoms with Crippen molar-refractivity contribution in [2.24, 2.45) is 22.9 Å². The number of hydrogen-bond acceptors (Lipinski definition) is 6. The van der Waals surface area contributed by atoms with Gasteiger partial charge in [0.05, 0.1) is 6.04 Å². The van der Waals surface area contributed by atoms with Gasteiger partial charge in [0.15, 0.2) is 11.3 Å². The Hall–Kier alpha value is -2.20. The smallest absolute Gasteiger partial charge is 0.331 e. The van der Waals surface area contributed by atoms with Crippen LogP contribution in [0.4, 0.5) is 4.79 Å². The maximum absolute atomic E-state index is 12.1. The van der Waals surface area contributed by atoms with Crippen LogP contribution in [0.2, 0.25) is 0 Å². The number of amides is 3. The van der Waals surface area contributed by atoms with Gasteiger partial charge in [-0.3, -0.25) is 9.59 Å². The number of aliphatic carboxylic acids is 1. The molecule has 0 aliphatic heterocycles. The molecule has 0 rings (SSSR count). The van der Waals surface area contributed by atoms with Crippen LogP contribution in [0.5, 0.6) is 0 Å². The molecule has 0 spiro atoms. The zero-order valence-corrected chi connectivity index (χ0v) is 11.5. The topological polar surface area (TPSA) is 205 Å². The molecular formula is C11H21N5O5. The number of nitrogens with one attached hydrogen (secondary N) is 1. The molecule has 0 aromatic carbocycles. The molecule has 3 amide bonds.